The molecule has 1 rings (SSSR count). The third kappa shape index (κ3) is 3.83. The minimum atomic E-state index is -0.255. The van der Waals surface area contributed by atoms with Crippen LogP contribution in [0.1, 0.15) is 13.3 Å². The van der Waals surface area contributed by atoms with Crippen LogP contribution < -0.4 is 14.8 Å². The predicted molar refractivity (Wildman–Crippen MR) is 67.6 cm³/mol. The third-order valence-corrected chi connectivity index (χ3v) is 2.08. The zero-order chi connectivity index (χ0) is 12.7. The van der Waals surface area contributed by atoms with Gasteiger partial charge in [-0.2, -0.15) is 0 Å². The van der Waals surface area contributed by atoms with Gasteiger partial charge in [-0.25, -0.2) is 0 Å². The smallest absolute Gasteiger partial charge is 0.247 e. The molecule has 0 saturated carbocycles. The lowest BCUT2D eigenvalue weighted by molar-refractivity contribution is -0.111. The van der Waals surface area contributed by atoms with Gasteiger partial charge in [-0.05, 0) is 24.6 Å². The molecule has 1 N–H and O–H groups in total. The number of carbonyl (C=O) groups excluding carboxylic acids is 1. The summed E-state index contributed by atoms with van der Waals surface area (Å²) in [7, 11) is 1.56. The number of hydrogen-bond donors (Lipinski definition) is 1. The van der Waals surface area contributed by atoms with Crippen LogP contribution in [0.4, 0.5) is 5.69 Å². The summed E-state index contributed by atoms with van der Waals surface area (Å²) >= 11 is 0. The van der Waals surface area contributed by atoms with E-state index in [4.69, 9.17) is 9.47 Å². The lowest BCUT2D eigenvalue weighted by Crippen LogP contribution is -2.07. The summed E-state index contributed by atoms with van der Waals surface area (Å²) in [6.07, 6.45) is 2.14. The molecular weight excluding hydrogens is 218 g/mol. The fraction of sp³-hybridized carbons (Fsp3) is 0.308. The third-order valence-electron chi connectivity index (χ3n) is 2.08. The van der Waals surface area contributed by atoms with E-state index < -0.39 is 0 Å². The second kappa shape index (κ2) is 6.58. The number of methoxy groups -OCH3 is 1. The van der Waals surface area contributed by atoms with Crippen LogP contribution in [0.3, 0.4) is 0 Å². The van der Waals surface area contributed by atoms with Crippen molar-refractivity contribution < 1.29 is 14.3 Å². The Bertz CT molecular complexity index is 402. The summed E-state index contributed by atoms with van der Waals surface area (Å²) in [5, 5.41) is 2.66. The first-order valence-corrected chi connectivity index (χ1v) is 5.45. The van der Waals surface area contributed by atoms with Gasteiger partial charge in [0, 0.05) is 11.8 Å². The molecule has 0 heterocycles. The Morgan fingerprint density at radius 1 is 1.47 bits per heavy atom. The Morgan fingerprint density at radius 2 is 2.24 bits per heavy atom. The average Bonchev–Trinajstić information content (AvgIpc) is 2.36. The standard InChI is InChI=1S/C13H17NO3/c1-4-8-17-11-7-6-10(9-12(11)16-3)14-13(15)5-2/h5-7,9H,2,4,8H2,1,3H3,(H,14,15). The number of ether oxygens (including phenoxy) is 2. The summed E-state index contributed by atoms with van der Waals surface area (Å²) in [6.45, 7) is 6.06. The van der Waals surface area contributed by atoms with E-state index in [2.05, 4.69) is 11.9 Å². The van der Waals surface area contributed by atoms with Gasteiger partial charge in [-0.3, -0.25) is 4.79 Å². The highest BCUT2D eigenvalue weighted by atomic mass is 16.5. The molecule has 92 valence electrons. The van der Waals surface area contributed by atoms with Crippen LogP contribution in [0.5, 0.6) is 11.5 Å². The molecule has 4 nitrogen and oxygen atoms in total. The first kappa shape index (κ1) is 13.1. The van der Waals surface area contributed by atoms with E-state index in [1.807, 2.05) is 6.92 Å². The maximum Gasteiger partial charge on any atom is 0.247 e. The van der Waals surface area contributed by atoms with Gasteiger partial charge in [0.05, 0.1) is 13.7 Å². The van der Waals surface area contributed by atoms with Crippen molar-refractivity contribution >= 4 is 11.6 Å². The Morgan fingerprint density at radius 3 is 2.82 bits per heavy atom. The van der Waals surface area contributed by atoms with Crippen LogP contribution >= 0.6 is 0 Å². The van der Waals surface area contributed by atoms with E-state index in [0.29, 0.717) is 23.8 Å². The molecule has 0 aliphatic heterocycles. The fourth-order valence-corrected chi connectivity index (χ4v) is 1.27. The Hall–Kier alpha value is -1.97. The largest absolute Gasteiger partial charge is 0.493 e. The quantitative estimate of drug-likeness (QED) is 0.771. The van der Waals surface area contributed by atoms with Gasteiger partial charge in [0.2, 0.25) is 5.91 Å². The topological polar surface area (TPSA) is 47.6 Å². The highest BCUT2D eigenvalue weighted by Crippen LogP contribution is 2.30. The van der Waals surface area contributed by atoms with Gasteiger partial charge in [0.15, 0.2) is 11.5 Å². The molecule has 0 aromatic heterocycles. The molecule has 0 radical (unpaired) electrons. The van der Waals surface area contributed by atoms with E-state index in [9.17, 15) is 4.79 Å². The van der Waals surface area contributed by atoms with Gasteiger partial charge >= 0.3 is 0 Å². The number of rotatable bonds is 6. The van der Waals surface area contributed by atoms with Crippen LogP contribution in [0, 0.1) is 0 Å². The summed E-state index contributed by atoms with van der Waals surface area (Å²) in [5.41, 5.74) is 0.649. The van der Waals surface area contributed by atoms with Gasteiger partial charge in [-0.1, -0.05) is 13.5 Å². The molecule has 0 bridgehead atoms. The van der Waals surface area contributed by atoms with Gasteiger partial charge in [-0.15, -0.1) is 0 Å². The molecule has 0 fully saturated rings. The van der Waals surface area contributed by atoms with Crippen molar-refractivity contribution in [3.63, 3.8) is 0 Å². The highest BCUT2D eigenvalue weighted by molar-refractivity contribution is 5.99. The first-order valence-electron chi connectivity index (χ1n) is 5.45. The normalized spacial score (nSPS) is 9.53. The Kier molecular flexibility index (Phi) is 5.07. The second-order valence-corrected chi connectivity index (χ2v) is 3.41. The van der Waals surface area contributed by atoms with E-state index in [-0.39, 0.29) is 5.91 Å². The van der Waals surface area contributed by atoms with Gasteiger partial charge < -0.3 is 14.8 Å². The summed E-state index contributed by atoms with van der Waals surface area (Å²) in [5.74, 6) is 1.01. The average molecular weight is 235 g/mol. The van der Waals surface area contributed by atoms with Crippen molar-refractivity contribution in [2.45, 2.75) is 13.3 Å². The summed E-state index contributed by atoms with van der Waals surface area (Å²) in [4.78, 5) is 11.1. The van der Waals surface area contributed by atoms with E-state index in [1.54, 1.807) is 25.3 Å². The lowest BCUT2D eigenvalue weighted by Gasteiger charge is -2.11. The van der Waals surface area contributed by atoms with Crippen LogP contribution in [-0.2, 0) is 4.79 Å². The van der Waals surface area contributed by atoms with Crippen molar-refractivity contribution in [1.29, 1.82) is 0 Å². The van der Waals surface area contributed by atoms with Gasteiger partial charge in [0.25, 0.3) is 0 Å². The Labute approximate surface area is 101 Å². The van der Waals surface area contributed by atoms with Crippen molar-refractivity contribution in [2.75, 3.05) is 19.0 Å². The molecule has 0 aliphatic rings. The molecule has 1 aromatic rings. The number of amides is 1. The summed E-state index contributed by atoms with van der Waals surface area (Å²) < 4.78 is 10.7. The van der Waals surface area contributed by atoms with Crippen molar-refractivity contribution in [1.82, 2.24) is 0 Å². The highest BCUT2D eigenvalue weighted by Gasteiger charge is 2.06. The maximum absolute atomic E-state index is 11.1. The molecule has 17 heavy (non-hydrogen) atoms. The lowest BCUT2D eigenvalue weighted by atomic mass is 10.2. The minimum Gasteiger partial charge on any atom is -0.493 e. The van der Waals surface area contributed by atoms with Crippen molar-refractivity contribution in [3.8, 4) is 11.5 Å². The molecule has 0 unspecified atom stereocenters. The Balaban J connectivity index is 2.83. The molecule has 0 saturated heterocycles. The summed E-state index contributed by atoms with van der Waals surface area (Å²) in [6, 6.07) is 5.24. The number of hydrogen-bond acceptors (Lipinski definition) is 3. The van der Waals surface area contributed by atoms with E-state index in [1.165, 1.54) is 6.08 Å². The van der Waals surface area contributed by atoms with E-state index >= 15 is 0 Å². The SMILES string of the molecule is C=CC(=O)Nc1ccc(OCCC)c(OC)c1. The predicted octanol–water partition coefficient (Wildman–Crippen LogP) is 2.61. The zero-order valence-electron chi connectivity index (χ0n) is 10.2. The van der Waals surface area contributed by atoms with Crippen LogP contribution in [-0.4, -0.2) is 19.6 Å². The molecule has 1 amide bonds. The fourth-order valence-electron chi connectivity index (χ4n) is 1.27. The van der Waals surface area contributed by atoms with Crippen molar-refractivity contribution in [3.05, 3.63) is 30.9 Å². The second-order valence-electron chi connectivity index (χ2n) is 3.41. The first-order chi connectivity index (χ1) is 8.21. The number of nitrogens with one attached hydrogen (secondary N) is 1. The molecule has 0 aliphatic carbocycles. The molecule has 0 spiro atoms. The molecular formula is C13H17NO3. The molecule has 4 heteroatoms. The maximum atomic E-state index is 11.1. The minimum absolute atomic E-state index is 0.255. The van der Waals surface area contributed by atoms with Crippen LogP contribution in [0.15, 0.2) is 30.9 Å². The van der Waals surface area contributed by atoms with Crippen molar-refractivity contribution in [2.24, 2.45) is 0 Å². The van der Waals surface area contributed by atoms with Gasteiger partial charge in [0.1, 0.15) is 0 Å². The number of anilines is 1. The number of benzene rings is 1. The van der Waals surface area contributed by atoms with E-state index in [0.717, 1.165) is 6.42 Å². The molecule has 1 aromatic carbocycles. The van der Waals surface area contributed by atoms with Crippen LogP contribution in [0.25, 0.3) is 0 Å². The van der Waals surface area contributed by atoms with Crippen LogP contribution in [0.2, 0.25) is 0 Å². The monoisotopic (exact) mass is 235 g/mol. The molecule has 0 atom stereocenters. The number of carbonyl (C=O) groups is 1. The zero-order valence-corrected chi connectivity index (χ0v) is 10.2.